The largest absolute Gasteiger partial charge is 0.444 e. The van der Waals surface area contributed by atoms with Gasteiger partial charge < -0.3 is 25.4 Å². The number of rotatable bonds is 10. The van der Waals surface area contributed by atoms with E-state index in [0.29, 0.717) is 18.2 Å². The van der Waals surface area contributed by atoms with Crippen LogP contribution in [0.3, 0.4) is 0 Å². The van der Waals surface area contributed by atoms with Crippen LogP contribution in [0, 0.1) is 11.7 Å². The van der Waals surface area contributed by atoms with E-state index < -0.39 is 51.6 Å². The number of hydrogen-bond acceptors (Lipinski definition) is 7. The number of halogens is 2. The topological polar surface area (TPSA) is 131 Å². The monoisotopic (exact) mass is 742 g/mol. The molecule has 2 fully saturated rings. The summed E-state index contributed by atoms with van der Waals surface area (Å²) in [6, 6.07) is 17.6. The molecule has 3 N–H and O–H groups in total. The summed E-state index contributed by atoms with van der Waals surface area (Å²) < 4.78 is 56.4. The van der Waals surface area contributed by atoms with Crippen molar-refractivity contribution in [2.75, 3.05) is 31.6 Å². The Balaban J connectivity index is 1.40. The van der Waals surface area contributed by atoms with Crippen molar-refractivity contribution in [3.8, 4) is 0 Å². The lowest BCUT2D eigenvalue weighted by atomic mass is 9.76. The predicted octanol–water partition coefficient (Wildman–Crippen LogP) is 6.59. The number of amides is 2. The number of nitrogens with zero attached hydrogens (tertiary/aromatic N) is 2. The summed E-state index contributed by atoms with van der Waals surface area (Å²) in [6.07, 6.45) is 1.15. The molecule has 2 aliphatic heterocycles. The highest BCUT2D eigenvalue weighted by Crippen LogP contribution is 2.36. The van der Waals surface area contributed by atoms with Crippen LogP contribution in [0.25, 0.3) is 0 Å². The number of ether oxygens (including phenoxy) is 2. The van der Waals surface area contributed by atoms with Crippen molar-refractivity contribution in [1.29, 1.82) is 0 Å². The van der Waals surface area contributed by atoms with Gasteiger partial charge in [-0.1, -0.05) is 48.0 Å². The van der Waals surface area contributed by atoms with Crippen LogP contribution < -0.4 is 11.1 Å². The Morgan fingerprint density at radius 1 is 1.02 bits per heavy atom. The molecule has 0 unspecified atom stereocenters. The zero-order valence-electron chi connectivity index (χ0n) is 29.6. The van der Waals surface area contributed by atoms with Crippen LogP contribution in [-0.2, 0) is 30.7 Å². The van der Waals surface area contributed by atoms with Crippen molar-refractivity contribution in [3.05, 3.63) is 94.8 Å². The second-order valence-electron chi connectivity index (χ2n) is 14.4. The zero-order chi connectivity index (χ0) is 36.9. The van der Waals surface area contributed by atoms with E-state index in [1.807, 2.05) is 12.1 Å². The fourth-order valence-electron chi connectivity index (χ4n) is 7.16. The number of piperazine rings is 1. The molecule has 2 aliphatic rings. The summed E-state index contributed by atoms with van der Waals surface area (Å²) in [7, 11) is -3.99. The molecule has 0 saturated carbocycles. The van der Waals surface area contributed by atoms with Crippen LogP contribution in [0.15, 0.2) is 77.7 Å². The molecule has 2 saturated heterocycles. The van der Waals surface area contributed by atoms with Gasteiger partial charge in [0.2, 0.25) is 15.9 Å². The Morgan fingerprint density at radius 2 is 1.69 bits per heavy atom. The van der Waals surface area contributed by atoms with Gasteiger partial charge >= 0.3 is 6.09 Å². The van der Waals surface area contributed by atoms with Crippen LogP contribution in [-0.4, -0.2) is 79.7 Å². The average Bonchev–Trinajstić information content (AvgIpc) is 3.08. The third-order valence-corrected chi connectivity index (χ3v) is 11.8. The molecular formula is C38H48ClFN4O6S. The fourth-order valence-corrected chi connectivity index (χ4v) is 9.14. The minimum absolute atomic E-state index is 0.0419. The summed E-state index contributed by atoms with van der Waals surface area (Å²) in [5, 5.41) is 3.46. The van der Waals surface area contributed by atoms with Gasteiger partial charge in [-0.15, -0.1) is 0 Å². The highest BCUT2D eigenvalue weighted by Gasteiger charge is 2.43. The van der Waals surface area contributed by atoms with Crippen molar-refractivity contribution in [2.45, 2.75) is 87.9 Å². The van der Waals surface area contributed by atoms with Gasteiger partial charge in [0.1, 0.15) is 11.4 Å². The van der Waals surface area contributed by atoms with Crippen LogP contribution in [0.5, 0.6) is 0 Å². The molecule has 2 heterocycles. The van der Waals surface area contributed by atoms with E-state index >= 15 is 4.39 Å². The lowest BCUT2D eigenvalue weighted by molar-refractivity contribution is -0.118. The maximum Gasteiger partial charge on any atom is 0.410 e. The third-order valence-electron chi connectivity index (χ3n) is 9.50. The molecule has 2 amide bonds. The molecule has 5 rings (SSSR count). The molecule has 0 bridgehead atoms. The van der Waals surface area contributed by atoms with Crippen molar-refractivity contribution >= 4 is 39.3 Å². The first-order valence-electron chi connectivity index (χ1n) is 17.4. The lowest BCUT2D eigenvalue weighted by Gasteiger charge is -2.44. The first-order chi connectivity index (χ1) is 24.2. The minimum atomic E-state index is -3.99. The molecule has 4 atom stereocenters. The smallest absolute Gasteiger partial charge is 0.410 e. The van der Waals surface area contributed by atoms with Crippen molar-refractivity contribution < 1.29 is 31.9 Å². The van der Waals surface area contributed by atoms with Crippen LogP contribution in [0.1, 0.15) is 64.0 Å². The number of sulfonamides is 1. The standard InChI is InChI=1S/C38H48ClFN4O6S/c1-25-23-43(37(46)50-38(2,3)4)24-29(44(25)51(47,48)30-9-6-5-7-10-30)17-18-31-32(40)11-8-12-33(31)42-36(45)35(41)34(27-19-21-49-22-20-27)26-13-15-28(39)16-14-26/h5-16,25,27,29,34-35H,17-24,41H2,1-4H3,(H,42,45)/t25-,29-,34-,35-/m0/s1. The van der Waals surface area contributed by atoms with E-state index in [1.165, 1.54) is 33.5 Å². The maximum absolute atomic E-state index is 15.6. The van der Waals surface area contributed by atoms with Gasteiger partial charge in [-0.3, -0.25) is 4.79 Å². The van der Waals surface area contributed by atoms with E-state index in [0.717, 1.165) is 18.4 Å². The predicted molar refractivity (Wildman–Crippen MR) is 196 cm³/mol. The normalized spacial score (nSPS) is 20.4. The molecule has 0 aliphatic carbocycles. The summed E-state index contributed by atoms with van der Waals surface area (Å²) in [4.78, 5) is 28.7. The zero-order valence-corrected chi connectivity index (χ0v) is 31.1. The lowest BCUT2D eigenvalue weighted by Crippen LogP contribution is -2.61. The number of carbonyl (C=O) groups is 2. The van der Waals surface area contributed by atoms with Crippen molar-refractivity contribution in [1.82, 2.24) is 9.21 Å². The second-order valence-corrected chi connectivity index (χ2v) is 16.7. The highest BCUT2D eigenvalue weighted by molar-refractivity contribution is 7.89. The van der Waals surface area contributed by atoms with Crippen LogP contribution >= 0.6 is 11.6 Å². The Hall–Kier alpha value is -3.55. The molecule has 3 aromatic carbocycles. The third kappa shape index (κ3) is 9.47. The highest BCUT2D eigenvalue weighted by atomic mass is 35.5. The molecular weight excluding hydrogens is 695 g/mol. The van der Waals surface area contributed by atoms with Crippen LogP contribution in [0.4, 0.5) is 14.9 Å². The van der Waals surface area contributed by atoms with Gasteiger partial charge in [-0.2, -0.15) is 4.31 Å². The average molecular weight is 743 g/mol. The second kappa shape index (κ2) is 16.4. The molecule has 276 valence electrons. The quantitative estimate of drug-likeness (QED) is 0.240. The Morgan fingerprint density at radius 3 is 2.33 bits per heavy atom. The van der Waals surface area contributed by atoms with Gasteiger partial charge in [0, 0.05) is 60.6 Å². The molecule has 0 radical (unpaired) electrons. The summed E-state index contributed by atoms with van der Waals surface area (Å²) in [6.45, 7) is 8.35. The first-order valence-corrected chi connectivity index (χ1v) is 19.2. The Labute approximate surface area is 305 Å². The van der Waals surface area contributed by atoms with Gasteiger partial charge in [0.05, 0.1) is 10.9 Å². The Bertz CT molecular complexity index is 1770. The van der Waals surface area contributed by atoms with Crippen molar-refractivity contribution in [2.24, 2.45) is 11.7 Å². The summed E-state index contributed by atoms with van der Waals surface area (Å²) in [5.74, 6) is -1.26. The number of carbonyl (C=O) groups excluding carboxylic acids is 2. The van der Waals surface area contributed by atoms with E-state index in [2.05, 4.69) is 5.32 Å². The van der Waals surface area contributed by atoms with Gasteiger partial charge in [0.25, 0.3) is 0 Å². The molecule has 0 spiro atoms. The van der Waals surface area contributed by atoms with Gasteiger partial charge in [-0.05, 0) is 101 Å². The van der Waals surface area contributed by atoms with Gasteiger partial charge in [0.15, 0.2) is 0 Å². The number of hydrogen-bond donors (Lipinski definition) is 2. The number of nitrogens with two attached hydrogens (primary N) is 1. The SMILES string of the molecule is C[C@H]1CN(C(=O)OC(C)(C)C)C[C@H](CCc2c(F)cccc2NC(=O)[C@@H](N)[C@@H](c2ccc(Cl)cc2)C2CCOCC2)N1S(=O)(=O)c1ccccc1. The molecule has 0 aromatic heterocycles. The number of benzene rings is 3. The van der Waals surface area contributed by atoms with E-state index in [4.69, 9.17) is 26.8 Å². The van der Waals surface area contributed by atoms with Gasteiger partial charge in [-0.25, -0.2) is 17.6 Å². The molecule has 10 nitrogen and oxygen atoms in total. The van der Waals surface area contributed by atoms with Crippen molar-refractivity contribution in [3.63, 3.8) is 0 Å². The molecule has 51 heavy (non-hydrogen) atoms. The Kier molecular flexibility index (Phi) is 12.4. The minimum Gasteiger partial charge on any atom is -0.444 e. The van der Waals surface area contributed by atoms with Crippen LogP contribution in [0.2, 0.25) is 5.02 Å². The van der Waals surface area contributed by atoms with E-state index in [1.54, 1.807) is 64.1 Å². The molecule has 3 aromatic rings. The maximum atomic E-state index is 15.6. The van der Waals surface area contributed by atoms with E-state index in [9.17, 15) is 18.0 Å². The summed E-state index contributed by atoms with van der Waals surface area (Å²) in [5.41, 5.74) is 7.31. The fraction of sp³-hybridized carbons (Fsp3) is 0.474. The number of anilines is 1. The summed E-state index contributed by atoms with van der Waals surface area (Å²) >= 11 is 6.16. The van der Waals surface area contributed by atoms with E-state index in [-0.39, 0.29) is 53.9 Å². The molecule has 13 heteroatoms. The number of nitrogens with one attached hydrogen (secondary N) is 1. The first kappa shape index (κ1) is 38.7.